The summed E-state index contributed by atoms with van der Waals surface area (Å²) >= 11 is 0. The van der Waals surface area contributed by atoms with Gasteiger partial charge in [-0.1, -0.05) is 27.2 Å². The number of rotatable bonds is 7. The number of carbonyl (C=O) groups excluding carboxylic acids is 1. The molecule has 0 heterocycles. The van der Waals surface area contributed by atoms with Crippen LogP contribution < -0.4 is 0 Å². The maximum Gasteiger partial charge on any atom is 0.418 e. The van der Waals surface area contributed by atoms with Gasteiger partial charge < -0.3 is 4.74 Å². The monoisotopic (exact) mass is 185 g/mol. The summed E-state index contributed by atoms with van der Waals surface area (Å²) in [6.07, 6.45) is 4.11. The van der Waals surface area contributed by atoms with Gasteiger partial charge in [0, 0.05) is 0 Å². The second kappa shape index (κ2) is 6.01. The lowest BCUT2D eigenvalue weighted by Crippen LogP contribution is -2.27. The van der Waals surface area contributed by atoms with Crippen molar-refractivity contribution < 1.29 is 9.53 Å². The second-order valence-electron chi connectivity index (χ2n) is 4.27. The Balaban J connectivity index is 3.76. The molecule has 0 aromatic rings. The van der Waals surface area contributed by atoms with Gasteiger partial charge in [-0.15, -0.1) is 0 Å². The van der Waals surface area contributed by atoms with Crippen LogP contribution in [0.2, 0.25) is 0 Å². The van der Waals surface area contributed by atoms with Crippen LogP contribution in [0.25, 0.3) is 0 Å². The molecule has 1 unspecified atom stereocenters. The first kappa shape index (κ1) is 12.5. The Bertz CT molecular complexity index is 143. The molecule has 0 aromatic carbocycles. The minimum atomic E-state index is -0.295. The lowest BCUT2D eigenvalue weighted by atomic mass is 9.93. The molecule has 0 fully saturated rings. The summed E-state index contributed by atoms with van der Waals surface area (Å²) in [4.78, 5) is 10.1. The highest BCUT2D eigenvalue weighted by Gasteiger charge is 2.22. The first-order valence-electron chi connectivity index (χ1n) is 5.09. The lowest BCUT2D eigenvalue weighted by molar-refractivity contribution is 0.0537. The maximum absolute atomic E-state index is 10.1. The molecular weight excluding hydrogens is 164 g/mol. The van der Waals surface area contributed by atoms with Crippen LogP contribution in [-0.2, 0) is 9.53 Å². The van der Waals surface area contributed by atoms with Crippen molar-refractivity contribution in [3.8, 4) is 0 Å². The average molecular weight is 185 g/mol. The van der Waals surface area contributed by atoms with E-state index in [1.165, 1.54) is 6.42 Å². The van der Waals surface area contributed by atoms with Gasteiger partial charge in [0.25, 0.3) is 0 Å². The normalized spacial score (nSPS) is 15.5. The highest BCUT2D eigenvalue weighted by molar-refractivity contribution is 5.39. The molecule has 0 N–H and O–H groups in total. The van der Waals surface area contributed by atoms with Gasteiger partial charge in [0.1, 0.15) is 5.60 Å². The molecule has 1 atom stereocenters. The van der Waals surface area contributed by atoms with Gasteiger partial charge in [-0.25, -0.2) is 4.79 Å². The zero-order chi connectivity index (χ0) is 10.3. The van der Waals surface area contributed by atoms with Crippen LogP contribution in [0.15, 0.2) is 0 Å². The summed E-state index contributed by atoms with van der Waals surface area (Å²) in [7, 11) is 0. The molecule has 0 aliphatic carbocycles. The van der Waals surface area contributed by atoms with Crippen molar-refractivity contribution in [1.29, 1.82) is 0 Å². The van der Waals surface area contributed by atoms with Crippen molar-refractivity contribution in [3.05, 3.63) is 0 Å². The van der Waals surface area contributed by atoms with Crippen molar-refractivity contribution in [3.63, 3.8) is 0 Å². The Kier molecular flexibility index (Phi) is 5.76. The van der Waals surface area contributed by atoms with E-state index >= 15 is 0 Å². The van der Waals surface area contributed by atoms with Crippen LogP contribution in [0.3, 0.4) is 0 Å². The van der Waals surface area contributed by atoms with E-state index in [0.29, 0.717) is 0 Å². The largest absolute Gasteiger partial charge is 0.451 e. The van der Waals surface area contributed by atoms with Crippen LogP contribution in [0.1, 0.15) is 53.4 Å². The third-order valence-electron chi connectivity index (χ3n) is 2.52. The fraction of sp³-hybridized carbons (Fsp3) is 0.909. The van der Waals surface area contributed by atoms with Crippen LogP contribution >= 0.6 is 0 Å². The molecule has 0 aromatic heterocycles. The van der Waals surface area contributed by atoms with E-state index in [9.17, 15) is 4.79 Å². The molecule has 0 rings (SSSR count). The number of hydrogen-bond donors (Lipinski definition) is 0. The quantitative estimate of drug-likeness (QED) is 0.609. The van der Waals surface area contributed by atoms with Gasteiger partial charge in [-0.2, -0.15) is 0 Å². The van der Waals surface area contributed by atoms with E-state index in [4.69, 9.17) is 4.74 Å². The Morgan fingerprint density at radius 2 is 2.08 bits per heavy atom. The molecule has 0 saturated heterocycles. The van der Waals surface area contributed by atoms with Crippen molar-refractivity contribution in [2.24, 2.45) is 5.92 Å². The van der Waals surface area contributed by atoms with E-state index in [1.54, 1.807) is 6.47 Å². The molecule has 0 saturated carbocycles. The number of hydrogen-bond acceptors (Lipinski definition) is 2. The first-order chi connectivity index (χ1) is 6.04. The van der Waals surface area contributed by atoms with Gasteiger partial charge in [-0.3, -0.25) is 0 Å². The summed E-state index contributed by atoms with van der Waals surface area (Å²) in [6, 6.07) is 0. The van der Waals surface area contributed by atoms with E-state index in [1.807, 2.05) is 13.8 Å². The van der Waals surface area contributed by atoms with Gasteiger partial charge in [-0.05, 0) is 32.1 Å². The fourth-order valence-corrected chi connectivity index (χ4v) is 1.28. The van der Waals surface area contributed by atoms with Crippen molar-refractivity contribution in [1.82, 2.24) is 0 Å². The molecule has 1 radical (unpaired) electrons. The van der Waals surface area contributed by atoms with E-state index in [0.717, 1.165) is 25.2 Å². The Labute approximate surface area is 81.7 Å². The lowest BCUT2D eigenvalue weighted by Gasteiger charge is -2.25. The summed E-state index contributed by atoms with van der Waals surface area (Å²) < 4.78 is 4.95. The summed E-state index contributed by atoms with van der Waals surface area (Å²) in [5, 5.41) is 0. The molecule has 0 spiro atoms. The summed E-state index contributed by atoms with van der Waals surface area (Å²) in [5.41, 5.74) is -0.295. The van der Waals surface area contributed by atoms with Crippen LogP contribution in [0, 0.1) is 5.92 Å². The zero-order valence-corrected chi connectivity index (χ0v) is 9.22. The molecule has 0 aliphatic rings. The Morgan fingerprint density at radius 3 is 2.46 bits per heavy atom. The first-order valence-corrected chi connectivity index (χ1v) is 5.09. The highest BCUT2D eigenvalue weighted by Crippen LogP contribution is 2.22. The Morgan fingerprint density at radius 1 is 1.46 bits per heavy atom. The molecule has 77 valence electrons. The molecular formula is C11H21O2. The predicted octanol–water partition coefficient (Wildman–Crippen LogP) is 3.07. The Hall–Kier alpha value is -0.530. The summed E-state index contributed by atoms with van der Waals surface area (Å²) in [5.74, 6) is 0.723. The SMILES string of the molecule is CCC(C)(CCCC(C)C)O[C]=O. The molecule has 2 heteroatoms. The fourth-order valence-electron chi connectivity index (χ4n) is 1.28. The van der Waals surface area contributed by atoms with Crippen LogP contribution in [0.4, 0.5) is 0 Å². The molecule has 0 amide bonds. The van der Waals surface area contributed by atoms with Crippen LogP contribution in [0.5, 0.6) is 0 Å². The standard InChI is InChI=1S/C11H21O2/c1-5-11(4,13-9-12)8-6-7-10(2)3/h10H,5-8H2,1-4H3. The van der Waals surface area contributed by atoms with E-state index in [2.05, 4.69) is 13.8 Å². The van der Waals surface area contributed by atoms with E-state index < -0.39 is 0 Å². The van der Waals surface area contributed by atoms with Crippen LogP contribution in [-0.4, -0.2) is 12.1 Å². The number of ether oxygens (including phenoxy) is 1. The molecule has 0 aliphatic heterocycles. The minimum Gasteiger partial charge on any atom is -0.451 e. The zero-order valence-electron chi connectivity index (χ0n) is 9.22. The van der Waals surface area contributed by atoms with Gasteiger partial charge >= 0.3 is 6.47 Å². The van der Waals surface area contributed by atoms with Gasteiger partial charge in [0.05, 0.1) is 0 Å². The van der Waals surface area contributed by atoms with Gasteiger partial charge in [0.2, 0.25) is 0 Å². The molecule has 0 bridgehead atoms. The van der Waals surface area contributed by atoms with Crippen molar-refractivity contribution >= 4 is 6.47 Å². The maximum atomic E-state index is 10.1. The molecule has 13 heavy (non-hydrogen) atoms. The second-order valence-corrected chi connectivity index (χ2v) is 4.27. The summed E-state index contributed by atoms with van der Waals surface area (Å²) in [6.45, 7) is 9.96. The minimum absolute atomic E-state index is 0.295. The third kappa shape index (κ3) is 5.67. The smallest absolute Gasteiger partial charge is 0.418 e. The topological polar surface area (TPSA) is 26.3 Å². The van der Waals surface area contributed by atoms with Crippen molar-refractivity contribution in [2.75, 3.05) is 0 Å². The average Bonchev–Trinajstić information content (AvgIpc) is 2.04. The third-order valence-corrected chi connectivity index (χ3v) is 2.52. The highest BCUT2D eigenvalue weighted by atomic mass is 16.5. The molecule has 2 nitrogen and oxygen atoms in total. The van der Waals surface area contributed by atoms with Gasteiger partial charge in [0.15, 0.2) is 0 Å². The van der Waals surface area contributed by atoms with Crippen molar-refractivity contribution in [2.45, 2.75) is 59.0 Å². The predicted molar refractivity (Wildman–Crippen MR) is 54.2 cm³/mol. The van der Waals surface area contributed by atoms with E-state index in [-0.39, 0.29) is 5.60 Å².